The molecule has 1 fully saturated rings. The van der Waals surface area contributed by atoms with Gasteiger partial charge in [0.15, 0.2) is 0 Å². The van der Waals surface area contributed by atoms with Gasteiger partial charge in [0.05, 0.1) is 22.1 Å². The number of piperidine rings is 1. The lowest BCUT2D eigenvalue weighted by atomic mass is 9.98. The first-order valence-corrected chi connectivity index (χ1v) is 12.5. The summed E-state index contributed by atoms with van der Waals surface area (Å²) in [5, 5.41) is 6.19. The van der Waals surface area contributed by atoms with Gasteiger partial charge < -0.3 is 10.6 Å². The highest BCUT2D eigenvalue weighted by Crippen LogP contribution is 2.26. The molecule has 0 aromatic heterocycles. The summed E-state index contributed by atoms with van der Waals surface area (Å²) >= 11 is 5.87. The average molecular weight is 478 g/mol. The Morgan fingerprint density at radius 2 is 1.84 bits per heavy atom. The van der Waals surface area contributed by atoms with Gasteiger partial charge in [-0.15, -0.1) is 0 Å². The van der Waals surface area contributed by atoms with Crippen LogP contribution in [0.2, 0.25) is 5.02 Å². The van der Waals surface area contributed by atoms with Crippen molar-refractivity contribution in [3.63, 3.8) is 0 Å². The average Bonchev–Trinajstić information content (AvgIpc) is 2.79. The molecule has 3 rings (SSSR count). The minimum absolute atomic E-state index is 0.0104. The summed E-state index contributed by atoms with van der Waals surface area (Å²) in [4.78, 5) is 25.7. The third-order valence-electron chi connectivity index (χ3n) is 5.63. The number of sulfonamides is 1. The van der Waals surface area contributed by atoms with E-state index in [4.69, 9.17) is 11.6 Å². The molecular formula is C23H28ClN3O4S. The Morgan fingerprint density at radius 1 is 1.16 bits per heavy atom. The molecule has 2 atom stereocenters. The highest BCUT2D eigenvalue weighted by Gasteiger charge is 2.33. The molecular weight excluding hydrogens is 450 g/mol. The van der Waals surface area contributed by atoms with E-state index in [2.05, 4.69) is 10.6 Å². The van der Waals surface area contributed by atoms with Crippen LogP contribution < -0.4 is 10.6 Å². The van der Waals surface area contributed by atoms with Crippen molar-refractivity contribution < 1.29 is 18.0 Å². The molecule has 32 heavy (non-hydrogen) atoms. The van der Waals surface area contributed by atoms with Crippen LogP contribution in [-0.4, -0.2) is 43.7 Å². The van der Waals surface area contributed by atoms with Crippen molar-refractivity contribution >= 4 is 39.1 Å². The SMILES string of the molecule is CC[C@@H](C)NC(=O)c1ccccc1NC(=O)[C@@H]1CCCN(S(=O)(=O)c2ccc(Cl)cc2)C1. The number of anilines is 1. The number of hydrogen-bond acceptors (Lipinski definition) is 4. The topological polar surface area (TPSA) is 95.6 Å². The molecule has 2 N–H and O–H groups in total. The number of hydrogen-bond donors (Lipinski definition) is 2. The van der Waals surface area contributed by atoms with Crippen LogP contribution in [0.1, 0.15) is 43.5 Å². The van der Waals surface area contributed by atoms with Gasteiger partial charge in [-0.1, -0.05) is 30.7 Å². The summed E-state index contributed by atoms with van der Waals surface area (Å²) in [5.74, 6) is -1.08. The van der Waals surface area contributed by atoms with Crippen LogP contribution in [0.25, 0.3) is 0 Å². The summed E-state index contributed by atoms with van der Waals surface area (Å²) in [6.45, 7) is 4.32. The smallest absolute Gasteiger partial charge is 0.253 e. The molecule has 0 radical (unpaired) electrons. The zero-order chi connectivity index (χ0) is 23.3. The molecule has 1 heterocycles. The maximum absolute atomic E-state index is 13.0. The Balaban J connectivity index is 1.73. The van der Waals surface area contributed by atoms with E-state index in [1.807, 2.05) is 13.8 Å². The molecule has 2 aromatic rings. The number of nitrogens with zero attached hydrogens (tertiary/aromatic N) is 1. The fraction of sp³-hybridized carbons (Fsp3) is 0.391. The number of carbonyl (C=O) groups excluding carboxylic acids is 2. The third kappa shape index (κ3) is 5.68. The van der Waals surface area contributed by atoms with E-state index in [1.54, 1.807) is 24.3 Å². The molecule has 1 aliphatic heterocycles. The van der Waals surface area contributed by atoms with Crippen molar-refractivity contribution in [2.75, 3.05) is 18.4 Å². The van der Waals surface area contributed by atoms with Gasteiger partial charge in [0.25, 0.3) is 5.91 Å². The number of rotatable bonds is 7. The van der Waals surface area contributed by atoms with Gasteiger partial charge in [-0.25, -0.2) is 8.42 Å². The second-order valence-electron chi connectivity index (χ2n) is 7.97. The van der Waals surface area contributed by atoms with Gasteiger partial charge >= 0.3 is 0 Å². The molecule has 0 aliphatic carbocycles. The second-order valence-corrected chi connectivity index (χ2v) is 10.3. The fourth-order valence-electron chi connectivity index (χ4n) is 3.56. The normalized spacial score (nSPS) is 18.0. The third-order valence-corrected chi connectivity index (χ3v) is 7.76. The van der Waals surface area contributed by atoms with Crippen LogP contribution in [0.4, 0.5) is 5.69 Å². The zero-order valence-corrected chi connectivity index (χ0v) is 19.7. The molecule has 0 bridgehead atoms. The van der Waals surface area contributed by atoms with Crippen LogP contribution in [0.15, 0.2) is 53.4 Å². The van der Waals surface area contributed by atoms with Crippen molar-refractivity contribution in [3.8, 4) is 0 Å². The van der Waals surface area contributed by atoms with Gasteiger partial charge in [-0.3, -0.25) is 9.59 Å². The Labute approximate surface area is 194 Å². The first-order chi connectivity index (χ1) is 15.2. The summed E-state index contributed by atoms with van der Waals surface area (Å²) < 4.78 is 27.3. The predicted octanol–water partition coefficient (Wildman–Crippen LogP) is 3.91. The standard InChI is InChI=1S/C23H28ClN3O4S/c1-3-16(2)25-23(29)20-8-4-5-9-21(20)26-22(28)17-7-6-14-27(15-17)32(30,31)19-12-10-18(24)11-13-19/h4-5,8-13,16-17H,3,6-7,14-15H2,1-2H3,(H,25,29)(H,26,28)/t16-,17-/m1/s1. The molecule has 7 nitrogen and oxygen atoms in total. The van der Waals surface area contributed by atoms with Gasteiger partial charge in [-0.05, 0) is 62.6 Å². The fourth-order valence-corrected chi connectivity index (χ4v) is 5.21. The molecule has 2 amide bonds. The summed E-state index contributed by atoms with van der Waals surface area (Å²) in [6, 6.07) is 12.8. The lowest BCUT2D eigenvalue weighted by Gasteiger charge is -2.31. The Morgan fingerprint density at radius 3 is 2.53 bits per heavy atom. The number of halogens is 1. The van der Waals surface area contributed by atoms with E-state index < -0.39 is 15.9 Å². The zero-order valence-electron chi connectivity index (χ0n) is 18.2. The first kappa shape index (κ1) is 24.2. The molecule has 2 aromatic carbocycles. The molecule has 1 aliphatic rings. The molecule has 0 unspecified atom stereocenters. The van der Waals surface area contributed by atoms with E-state index in [0.717, 1.165) is 6.42 Å². The predicted molar refractivity (Wildman–Crippen MR) is 125 cm³/mol. The Bertz CT molecular complexity index is 1070. The lowest BCUT2D eigenvalue weighted by Crippen LogP contribution is -2.43. The monoisotopic (exact) mass is 477 g/mol. The number of amides is 2. The van der Waals surface area contributed by atoms with E-state index in [0.29, 0.717) is 35.7 Å². The molecule has 0 spiro atoms. The van der Waals surface area contributed by atoms with Gasteiger partial charge in [0.2, 0.25) is 15.9 Å². The van der Waals surface area contributed by atoms with Crippen molar-refractivity contribution in [3.05, 3.63) is 59.1 Å². The molecule has 1 saturated heterocycles. The maximum atomic E-state index is 13.0. The number of carbonyl (C=O) groups is 2. The van der Waals surface area contributed by atoms with E-state index >= 15 is 0 Å². The lowest BCUT2D eigenvalue weighted by molar-refractivity contribution is -0.120. The van der Waals surface area contributed by atoms with E-state index in [1.165, 1.54) is 28.6 Å². The van der Waals surface area contributed by atoms with E-state index in [9.17, 15) is 18.0 Å². The van der Waals surface area contributed by atoms with Gasteiger partial charge in [0.1, 0.15) is 0 Å². The number of para-hydroxylation sites is 1. The highest BCUT2D eigenvalue weighted by atomic mass is 35.5. The molecule has 9 heteroatoms. The maximum Gasteiger partial charge on any atom is 0.253 e. The van der Waals surface area contributed by atoms with Crippen LogP contribution in [-0.2, 0) is 14.8 Å². The van der Waals surface area contributed by atoms with E-state index in [-0.39, 0.29) is 29.3 Å². The summed E-state index contributed by atoms with van der Waals surface area (Å²) in [5.41, 5.74) is 0.790. The second kappa shape index (κ2) is 10.5. The number of nitrogens with one attached hydrogen (secondary N) is 2. The summed E-state index contributed by atoms with van der Waals surface area (Å²) in [7, 11) is -3.73. The van der Waals surface area contributed by atoms with Crippen molar-refractivity contribution in [2.24, 2.45) is 5.92 Å². The molecule has 0 saturated carbocycles. The van der Waals surface area contributed by atoms with Crippen LogP contribution >= 0.6 is 11.6 Å². The van der Waals surface area contributed by atoms with Crippen molar-refractivity contribution in [2.45, 2.75) is 44.0 Å². The first-order valence-electron chi connectivity index (χ1n) is 10.7. The van der Waals surface area contributed by atoms with Crippen LogP contribution in [0, 0.1) is 5.92 Å². The van der Waals surface area contributed by atoms with Gasteiger partial charge in [-0.2, -0.15) is 4.31 Å². The van der Waals surface area contributed by atoms with Crippen molar-refractivity contribution in [1.82, 2.24) is 9.62 Å². The van der Waals surface area contributed by atoms with Crippen molar-refractivity contribution in [1.29, 1.82) is 0 Å². The van der Waals surface area contributed by atoms with Crippen LogP contribution in [0.3, 0.4) is 0 Å². The summed E-state index contributed by atoms with van der Waals surface area (Å²) in [6.07, 6.45) is 1.93. The molecule has 172 valence electrons. The van der Waals surface area contributed by atoms with Gasteiger partial charge in [0, 0.05) is 24.2 Å². The number of benzene rings is 2. The highest BCUT2D eigenvalue weighted by molar-refractivity contribution is 7.89. The Kier molecular flexibility index (Phi) is 7.92. The van der Waals surface area contributed by atoms with Crippen LogP contribution in [0.5, 0.6) is 0 Å². The largest absolute Gasteiger partial charge is 0.350 e. The quantitative estimate of drug-likeness (QED) is 0.632. The Hall–Kier alpha value is -2.42. The minimum Gasteiger partial charge on any atom is -0.350 e. The minimum atomic E-state index is -3.73.